The molecule has 1 aliphatic heterocycles. The summed E-state index contributed by atoms with van der Waals surface area (Å²) in [6.45, 7) is 0.917. The lowest BCUT2D eigenvalue weighted by molar-refractivity contribution is -0.158. The molecule has 3 atom stereocenters. The molecule has 1 saturated carbocycles. The van der Waals surface area contributed by atoms with E-state index in [0.717, 1.165) is 17.7 Å². The zero-order valence-corrected chi connectivity index (χ0v) is 17.0. The second kappa shape index (κ2) is 8.82. The lowest BCUT2D eigenvalue weighted by Gasteiger charge is -2.19. The number of carbonyl (C=O) groups is 4. The Bertz CT molecular complexity index is 818. The van der Waals surface area contributed by atoms with Crippen molar-refractivity contribution in [1.82, 2.24) is 4.90 Å². The van der Waals surface area contributed by atoms with Crippen molar-refractivity contribution < 1.29 is 28.7 Å². The maximum atomic E-state index is 12.4. The standard InChI is InChI=1S/C20H23ClN2O6/c1-11(18(25)22-15-9-12(21)7-8-16(15)28-2)29-17(24)10-23-19(26)13-5-3-4-6-14(13)20(23)27/h7-9,11,13-14H,3-6,10H2,1-2H3,(H,22,25)/t11-,13-,14+/m1/s1. The topological polar surface area (TPSA) is 102 Å². The molecule has 2 aliphatic rings. The summed E-state index contributed by atoms with van der Waals surface area (Å²) in [5.41, 5.74) is 0.335. The predicted molar refractivity (Wildman–Crippen MR) is 104 cm³/mol. The third kappa shape index (κ3) is 4.53. The number of nitrogens with zero attached hydrogens (tertiary/aromatic N) is 1. The van der Waals surface area contributed by atoms with Crippen molar-refractivity contribution in [2.45, 2.75) is 38.7 Å². The first-order valence-electron chi connectivity index (χ1n) is 9.51. The van der Waals surface area contributed by atoms with Gasteiger partial charge in [0.25, 0.3) is 5.91 Å². The first-order chi connectivity index (χ1) is 13.8. The number of likely N-dealkylation sites (tertiary alicyclic amines) is 1. The molecule has 156 valence electrons. The molecule has 0 spiro atoms. The van der Waals surface area contributed by atoms with Crippen LogP contribution < -0.4 is 10.1 Å². The van der Waals surface area contributed by atoms with Crippen molar-refractivity contribution in [3.8, 4) is 5.75 Å². The smallest absolute Gasteiger partial charge is 0.326 e. The van der Waals surface area contributed by atoms with Crippen molar-refractivity contribution in [3.05, 3.63) is 23.2 Å². The van der Waals surface area contributed by atoms with Gasteiger partial charge in [-0.15, -0.1) is 0 Å². The highest BCUT2D eigenvalue weighted by atomic mass is 35.5. The van der Waals surface area contributed by atoms with Crippen LogP contribution in [0.25, 0.3) is 0 Å². The number of imide groups is 1. The quantitative estimate of drug-likeness (QED) is 0.558. The molecule has 0 bridgehead atoms. The minimum Gasteiger partial charge on any atom is -0.495 e. The van der Waals surface area contributed by atoms with Crippen LogP contribution in [-0.4, -0.2) is 48.3 Å². The van der Waals surface area contributed by atoms with E-state index in [-0.39, 0.29) is 23.7 Å². The number of methoxy groups -OCH3 is 1. The number of nitrogens with one attached hydrogen (secondary N) is 1. The van der Waals surface area contributed by atoms with Gasteiger partial charge in [-0.3, -0.25) is 24.1 Å². The number of anilines is 1. The number of hydrogen-bond donors (Lipinski definition) is 1. The largest absolute Gasteiger partial charge is 0.495 e. The zero-order valence-electron chi connectivity index (χ0n) is 16.3. The number of amides is 3. The summed E-state index contributed by atoms with van der Waals surface area (Å²) in [7, 11) is 1.45. The molecule has 0 unspecified atom stereocenters. The van der Waals surface area contributed by atoms with Gasteiger partial charge in [0, 0.05) is 5.02 Å². The van der Waals surface area contributed by atoms with Crippen molar-refractivity contribution in [2.75, 3.05) is 19.0 Å². The van der Waals surface area contributed by atoms with Gasteiger partial charge in [0.1, 0.15) is 12.3 Å². The molecule has 0 aromatic heterocycles. The molecule has 8 nitrogen and oxygen atoms in total. The first-order valence-corrected chi connectivity index (χ1v) is 9.88. The Balaban J connectivity index is 1.58. The molecule has 1 N–H and O–H groups in total. The van der Waals surface area contributed by atoms with Crippen LogP contribution in [0.4, 0.5) is 5.69 Å². The molecule has 1 saturated heterocycles. The van der Waals surface area contributed by atoms with E-state index in [4.69, 9.17) is 21.1 Å². The first kappa shape index (κ1) is 21.1. The predicted octanol–water partition coefficient (Wildman–Crippen LogP) is 2.39. The molecule has 0 radical (unpaired) electrons. The fourth-order valence-electron chi connectivity index (χ4n) is 3.82. The highest BCUT2D eigenvalue weighted by molar-refractivity contribution is 6.31. The van der Waals surface area contributed by atoms with Gasteiger partial charge in [0.2, 0.25) is 11.8 Å². The molecule has 1 aromatic carbocycles. The summed E-state index contributed by atoms with van der Waals surface area (Å²) in [5, 5.41) is 2.99. The second-order valence-electron chi connectivity index (χ2n) is 7.23. The van der Waals surface area contributed by atoms with Crippen LogP contribution in [0.3, 0.4) is 0 Å². The van der Waals surface area contributed by atoms with Crippen molar-refractivity contribution in [3.63, 3.8) is 0 Å². The summed E-state index contributed by atoms with van der Waals surface area (Å²) in [6.07, 6.45) is 2.01. The second-order valence-corrected chi connectivity index (χ2v) is 7.66. The van der Waals surface area contributed by atoms with Crippen LogP contribution in [0.15, 0.2) is 18.2 Å². The normalized spacial score (nSPS) is 22.1. The Labute approximate surface area is 173 Å². The highest BCUT2D eigenvalue weighted by Gasteiger charge is 2.48. The number of hydrogen-bond acceptors (Lipinski definition) is 6. The average molecular weight is 423 g/mol. The van der Waals surface area contributed by atoms with Crippen molar-refractivity contribution in [2.24, 2.45) is 11.8 Å². The molecular weight excluding hydrogens is 400 g/mol. The van der Waals surface area contributed by atoms with E-state index in [2.05, 4.69) is 5.32 Å². The van der Waals surface area contributed by atoms with Crippen LogP contribution in [-0.2, 0) is 23.9 Å². The maximum Gasteiger partial charge on any atom is 0.326 e. The van der Waals surface area contributed by atoms with Gasteiger partial charge < -0.3 is 14.8 Å². The van der Waals surface area contributed by atoms with E-state index in [9.17, 15) is 19.2 Å². The zero-order chi connectivity index (χ0) is 21.1. The molecule has 3 amide bonds. The van der Waals surface area contributed by atoms with E-state index in [1.807, 2.05) is 0 Å². The van der Waals surface area contributed by atoms with Gasteiger partial charge in [-0.05, 0) is 38.0 Å². The van der Waals surface area contributed by atoms with Crippen LogP contribution in [0.1, 0.15) is 32.6 Å². The summed E-state index contributed by atoms with van der Waals surface area (Å²) in [5.74, 6) is -2.31. The Morgan fingerprint density at radius 3 is 2.41 bits per heavy atom. The van der Waals surface area contributed by atoms with E-state index in [0.29, 0.717) is 29.3 Å². The van der Waals surface area contributed by atoms with E-state index in [1.54, 1.807) is 12.1 Å². The van der Waals surface area contributed by atoms with Gasteiger partial charge in [0.05, 0.1) is 24.6 Å². The van der Waals surface area contributed by atoms with Gasteiger partial charge in [-0.2, -0.15) is 0 Å². The fraction of sp³-hybridized carbons (Fsp3) is 0.500. The number of halogens is 1. The average Bonchev–Trinajstić information content (AvgIpc) is 2.93. The minimum atomic E-state index is -1.14. The number of ether oxygens (including phenoxy) is 2. The van der Waals surface area contributed by atoms with Gasteiger partial charge >= 0.3 is 5.97 Å². The number of benzene rings is 1. The Morgan fingerprint density at radius 1 is 1.21 bits per heavy atom. The summed E-state index contributed by atoms with van der Waals surface area (Å²) in [4.78, 5) is 50.5. The maximum absolute atomic E-state index is 12.4. The van der Waals surface area contributed by atoms with Crippen LogP contribution in [0.5, 0.6) is 5.75 Å². The molecule has 1 heterocycles. The van der Waals surface area contributed by atoms with Crippen LogP contribution >= 0.6 is 11.6 Å². The van der Waals surface area contributed by atoms with Crippen LogP contribution in [0, 0.1) is 11.8 Å². The van der Waals surface area contributed by atoms with Gasteiger partial charge in [-0.25, -0.2) is 0 Å². The van der Waals surface area contributed by atoms with E-state index in [1.165, 1.54) is 20.1 Å². The molecule has 1 aromatic rings. The van der Waals surface area contributed by atoms with Crippen LogP contribution in [0.2, 0.25) is 5.02 Å². The van der Waals surface area contributed by atoms with E-state index >= 15 is 0 Å². The van der Waals surface area contributed by atoms with Crippen molar-refractivity contribution >= 4 is 41.0 Å². The molecule has 9 heteroatoms. The highest BCUT2D eigenvalue weighted by Crippen LogP contribution is 2.37. The molecule has 3 rings (SSSR count). The number of fused-ring (bicyclic) bond motifs is 1. The third-order valence-electron chi connectivity index (χ3n) is 5.32. The summed E-state index contributed by atoms with van der Waals surface area (Å²) >= 11 is 5.93. The lowest BCUT2D eigenvalue weighted by Crippen LogP contribution is -2.39. The molecule has 29 heavy (non-hydrogen) atoms. The van der Waals surface area contributed by atoms with E-state index < -0.39 is 24.5 Å². The summed E-state index contributed by atoms with van der Waals surface area (Å²) in [6, 6.07) is 4.72. The molecule has 1 aliphatic carbocycles. The number of esters is 1. The molecular formula is C20H23ClN2O6. The minimum absolute atomic E-state index is 0.322. The lowest BCUT2D eigenvalue weighted by atomic mass is 9.81. The monoisotopic (exact) mass is 422 g/mol. The Hall–Kier alpha value is -2.61. The number of carbonyl (C=O) groups excluding carboxylic acids is 4. The SMILES string of the molecule is COc1ccc(Cl)cc1NC(=O)[C@@H](C)OC(=O)CN1C(=O)[C@H]2CCCC[C@H]2C1=O. The van der Waals surface area contributed by atoms with Gasteiger partial charge in [0.15, 0.2) is 6.10 Å². The van der Waals surface area contributed by atoms with Gasteiger partial charge in [-0.1, -0.05) is 24.4 Å². The Morgan fingerprint density at radius 2 is 1.83 bits per heavy atom. The third-order valence-corrected chi connectivity index (χ3v) is 5.55. The fourth-order valence-corrected chi connectivity index (χ4v) is 3.99. The summed E-state index contributed by atoms with van der Waals surface area (Å²) < 4.78 is 10.3. The van der Waals surface area contributed by atoms with Crippen molar-refractivity contribution in [1.29, 1.82) is 0 Å². The molecule has 2 fully saturated rings. The Kier molecular flexibility index (Phi) is 6.42. The number of rotatable bonds is 6.